The number of likely N-dealkylation sites (tertiary alicyclic amines) is 1. The Morgan fingerprint density at radius 2 is 1.88 bits per heavy atom. The van der Waals surface area contributed by atoms with E-state index in [0.717, 1.165) is 11.1 Å². The number of ether oxygens (including phenoxy) is 2. The summed E-state index contributed by atoms with van der Waals surface area (Å²) in [6.45, 7) is 2.78. The molecule has 10 heteroatoms. The Balaban J connectivity index is 1.39. The van der Waals surface area contributed by atoms with E-state index in [1.807, 2.05) is 48.5 Å². The molecule has 3 aliphatic heterocycles. The molecule has 1 saturated heterocycles. The van der Waals surface area contributed by atoms with Crippen molar-refractivity contribution in [3.63, 3.8) is 0 Å². The molecule has 0 aliphatic carbocycles. The third-order valence-electron chi connectivity index (χ3n) is 7.69. The maximum absolute atomic E-state index is 13.3. The lowest BCUT2D eigenvalue weighted by Crippen LogP contribution is -2.58. The Morgan fingerprint density at radius 3 is 2.64 bits per heavy atom. The highest BCUT2D eigenvalue weighted by Crippen LogP contribution is 2.25. The van der Waals surface area contributed by atoms with Crippen LogP contribution in [0.2, 0.25) is 0 Å². The maximum Gasteiger partial charge on any atom is 0.257 e. The Bertz CT molecular complexity index is 1390. The Hall–Kier alpha value is -4.15. The van der Waals surface area contributed by atoms with Crippen LogP contribution in [0.4, 0.5) is 0 Å². The number of aryl methyl sites for hydroxylation is 2. The zero-order valence-electron chi connectivity index (χ0n) is 23.8. The van der Waals surface area contributed by atoms with Gasteiger partial charge in [-0.05, 0) is 67.6 Å². The van der Waals surface area contributed by atoms with Gasteiger partial charge in [0.25, 0.3) is 5.91 Å². The Labute approximate surface area is 245 Å². The molecule has 0 saturated carbocycles. The van der Waals surface area contributed by atoms with Gasteiger partial charge in [0.15, 0.2) is 0 Å². The first-order valence-corrected chi connectivity index (χ1v) is 14.4. The van der Waals surface area contributed by atoms with Crippen LogP contribution in [0.3, 0.4) is 0 Å². The summed E-state index contributed by atoms with van der Waals surface area (Å²) < 4.78 is 17.7. The van der Waals surface area contributed by atoms with Crippen LogP contribution >= 0.6 is 0 Å². The maximum atomic E-state index is 13.3. The highest BCUT2D eigenvalue weighted by atomic mass is 16.5. The molecule has 3 aromatic rings. The van der Waals surface area contributed by atoms with Gasteiger partial charge in [-0.25, -0.2) is 0 Å². The summed E-state index contributed by atoms with van der Waals surface area (Å²) in [6, 6.07) is 16.4. The summed E-state index contributed by atoms with van der Waals surface area (Å²) in [4.78, 5) is 42.9. The number of carbonyl (C=O) groups excluding carboxylic acids is 3. The number of furan rings is 1. The van der Waals surface area contributed by atoms with Crippen molar-refractivity contribution in [2.24, 2.45) is 0 Å². The molecule has 4 bridgehead atoms. The standard InChI is InChI=1S/C32H37N3O7/c1-22-27(13-17-40-22)32(39)35-15-12-29-28(19-35)33-30(37)20-34(14-3-16-36)31(38)11-8-23-6-9-25(10-7-23)42-26-5-2-4-24(18-26)21-41-29/h2,4-7,9-10,13,17-18,28-29,36H,3,8,11-12,14-16,19-21H2,1H3,(H,33,37)/t28-,29-/m0/s1. The molecule has 4 heterocycles. The number of hydrogen-bond acceptors (Lipinski definition) is 7. The van der Waals surface area contributed by atoms with Crippen LogP contribution in [-0.4, -0.2) is 77.6 Å². The number of fused-ring (bicyclic) bond motifs is 9. The van der Waals surface area contributed by atoms with E-state index in [1.54, 1.807) is 17.9 Å². The van der Waals surface area contributed by atoms with E-state index in [0.29, 0.717) is 55.2 Å². The molecule has 222 valence electrons. The molecule has 2 aromatic carbocycles. The molecular weight excluding hydrogens is 538 g/mol. The first-order valence-electron chi connectivity index (χ1n) is 14.4. The number of carbonyl (C=O) groups is 3. The zero-order valence-corrected chi connectivity index (χ0v) is 23.8. The summed E-state index contributed by atoms with van der Waals surface area (Å²) in [7, 11) is 0. The lowest BCUT2D eigenvalue weighted by molar-refractivity contribution is -0.137. The SMILES string of the molecule is Cc1occc1C(=O)N1CC[C@@H]2OCc3cccc(c3)Oc3ccc(cc3)CCC(=O)N(CCCO)CC(=O)N[C@H]2C1. The fourth-order valence-corrected chi connectivity index (χ4v) is 5.38. The Kier molecular flexibility index (Phi) is 9.55. The van der Waals surface area contributed by atoms with Crippen molar-refractivity contribution >= 4 is 17.7 Å². The number of aliphatic hydroxyl groups is 1. The molecule has 2 atom stereocenters. The van der Waals surface area contributed by atoms with E-state index < -0.39 is 6.04 Å². The lowest BCUT2D eigenvalue weighted by atomic mass is 10.0. The van der Waals surface area contributed by atoms with Crippen molar-refractivity contribution in [2.75, 3.05) is 32.8 Å². The molecule has 42 heavy (non-hydrogen) atoms. The number of nitrogens with zero attached hydrogens (tertiary/aromatic N) is 2. The average Bonchev–Trinajstić information content (AvgIpc) is 3.43. The van der Waals surface area contributed by atoms with Crippen molar-refractivity contribution in [1.82, 2.24) is 15.1 Å². The molecule has 10 nitrogen and oxygen atoms in total. The fourth-order valence-electron chi connectivity index (χ4n) is 5.38. The van der Waals surface area contributed by atoms with Crippen LogP contribution in [0.5, 0.6) is 11.5 Å². The minimum Gasteiger partial charge on any atom is -0.469 e. The van der Waals surface area contributed by atoms with Crippen LogP contribution in [0.25, 0.3) is 0 Å². The van der Waals surface area contributed by atoms with Crippen molar-refractivity contribution < 1.29 is 33.4 Å². The molecule has 6 rings (SSSR count). The molecule has 1 fully saturated rings. The van der Waals surface area contributed by atoms with Crippen LogP contribution in [0.15, 0.2) is 65.3 Å². The number of rotatable bonds is 4. The predicted octanol–water partition coefficient (Wildman–Crippen LogP) is 3.45. The van der Waals surface area contributed by atoms with Gasteiger partial charge in [0.05, 0.1) is 37.1 Å². The topological polar surface area (TPSA) is 122 Å². The van der Waals surface area contributed by atoms with Gasteiger partial charge in [-0.1, -0.05) is 24.3 Å². The second kappa shape index (κ2) is 13.7. The van der Waals surface area contributed by atoms with Gasteiger partial charge in [0.2, 0.25) is 11.8 Å². The molecule has 0 spiro atoms. The third kappa shape index (κ3) is 7.37. The first-order chi connectivity index (χ1) is 20.4. The van der Waals surface area contributed by atoms with Gasteiger partial charge >= 0.3 is 0 Å². The quantitative estimate of drug-likeness (QED) is 0.489. The van der Waals surface area contributed by atoms with Gasteiger partial charge in [-0.15, -0.1) is 0 Å². The normalized spacial score (nSPS) is 20.1. The molecular formula is C32H37N3O7. The number of amides is 3. The number of aliphatic hydroxyl groups excluding tert-OH is 1. The number of hydrogen-bond donors (Lipinski definition) is 2. The summed E-state index contributed by atoms with van der Waals surface area (Å²) in [5.41, 5.74) is 2.38. The monoisotopic (exact) mass is 575 g/mol. The summed E-state index contributed by atoms with van der Waals surface area (Å²) in [6.07, 6.45) is 2.75. The highest BCUT2D eigenvalue weighted by molar-refractivity contribution is 5.95. The van der Waals surface area contributed by atoms with Gasteiger partial charge in [0, 0.05) is 32.7 Å². The summed E-state index contributed by atoms with van der Waals surface area (Å²) >= 11 is 0. The highest BCUT2D eigenvalue weighted by Gasteiger charge is 2.35. The van der Waals surface area contributed by atoms with Crippen molar-refractivity contribution in [2.45, 2.75) is 51.4 Å². The largest absolute Gasteiger partial charge is 0.469 e. The summed E-state index contributed by atoms with van der Waals surface area (Å²) in [5, 5.41) is 12.4. The minimum absolute atomic E-state index is 0.0867. The minimum atomic E-state index is -0.492. The molecule has 2 N–H and O–H groups in total. The third-order valence-corrected chi connectivity index (χ3v) is 7.69. The number of piperidine rings is 1. The van der Waals surface area contributed by atoms with Crippen LogP contribution < -0.4 is 10.1 Å². The Morgan fingerprint density at radius 1 is 1.05 bits per heavy atom. The fraction of sp³-hybridized carbons (Fsp3) is 0.406. The number of nitrogens with one attached hydrogen (secondary N) is 1. The average molecular weight is 576 g/mol. The molecule has 3 aliphatic rings. The second-order valence-electron chi connectivity index (χ2n) is 10.7. The smallest absolute Gasteiger partial charge is 0.257 e. The van der Waals surface area contributed by atoms with E-state index in [1.165, 1.54) is 11.2 Å². The zero-order chi connectivity index (χ0) is 29.5. The van der Waals surface area contributed by atoms with E-state index >= 15 is 0 Å². The van der Waals surface area contributed by atoms with Crippen molar-refractivity contribution in [3.05, 3.63) is 83.3 Å². The lowest BCUT2D eigenvalue weighted by Gasteiger charge is -2.39. The number of benzene rings is 2. The van der Waals surface area contributed by atoms with E-state index in [9.17, 15) is 19.5 Å². The van der Waals surface area contributed by atoms with Crippen LogP contribution in [0, 0.1) is 6.92 Å². The van der Waals surface area contributed by atoms with Crippen molar-refractivity contribution in [1.29, 1.82) is 0 Å². The van der Waals surface area contributed by atoms with E-state index in [2.05, 4.69) is 5.32 Å². The van der Waals surface area contributed by atoms with E-state index in [-0.39, 0.29) is 56.5 Å². The molecule has 0 unspecified atom stereocenters. The molecule has 0 radical (unpaired) electrons. The summed E-state index contributed by atoms with van der Waals surface area (Å²) in [5.74, 6) is 1.23. The molecule has 1 aromatic heterocycles. The van der Waals surface area contributed by atoms with E-state index in [4.69, 9.17) is 13.9 Å². The first kappa shape index (κ1) is 29.3. The van der Waals surface area contributed by atoms with Crippen LogP contribution in [0.1, 0.15) is 46.5 Å². The second-order valence-corrected chi connectivity index (χ2v) is 10.7. The van der Waals surface area contributed by atoms with Crippen LogP contribution in [-0.2, 0) is 27.4 Å². The van der Waals surface area contributed by atoms with Gasteiger partial charge in [-0.3, -0.25) is 14.4 Å². The van der Waals surface area contributed by atoms with Gasteiger partial charge < -0.3 is 34.1 Å². The predicted molar refractivity (Wildman–Crippen MR) is 154 cm³/mol. The molecule has 3 amide bonds. The van der Waals surface area contributed by atoms with Gasteiger partial charge in [-0.2, -0.15) is 0 Å². The van der Waals surface area contributed by atoms with Crippen molar-refractivity contribution in [3.8, 4) is 11.5 Å². The van der Waals surface area contributed by atoms with Gasteiger partial charge in [0.1, 0.15) is 17.3 Å².